The van der Waals surface area contributed by atoms with Crippen molar-refractivity contribution in [1.29, 1.82) is 0 Å². The molecule has 2 aliphatic heterocycles. The van der Waals surface area contributed by atoms with Gasteiger partial charge in [-0.1, -0.05) is 6.07 Å². The predicted octanol–water partition coefficient (Wildman–Crippen LogP) is 3.52. The van der Waals surface area contributed by atoms with E-state index in [0.29, 0.717) is 13.2 Å². The first-order valence-electron chi connectivity index (χ1n) is 9.05. The molecule has 5 nitrogen and oxygen atoms in total. The molecule has 1 aromatic carbocycles. The van der Waals surface area contributed by atoms with Crippen LogP contribution < -0.4 is 9.47 Å². The molecule has 0 bridgehead atoms. The minimum atomic E-state index is 0.0731. The highest BCUT2D eigenvalue weighted by Gasteiger charge is 2.49. The molecule has 3 aliphatic rings. The van der Waals surface area contributed by atoms with Crippen molar-refractivity contribution in [2.45, 2.75) is 31.2 Å². The van der Waals surface area contributed by atoms with E-state index in [-0.39, 0.29) is 23.8 Å². The molecule has 0 N–H and O–H groups in total. The van der Waals surface area contributed by atoms with Crippen molar-refractivity contribution < 1.29 is 18.7 Å². The van der Waals surface area contributed by atoms with Crippen molar-refractivity contribution in [3.05, 3.63) is 47.9 Å². The standard InChI is InChI=1S/C20H21NO4/c22-20(15-12-14(15)17-4-2-8-23-17)21-7-1-3-16(21)13-5-6-18-19(11-13)25-10-9-24-18/h2,4-6,8,11,14-16H,1,3,7,9-10,12H2. The van der Waals surface area contributed by atoms with Gasteiger partial charge in [-0.25, -0.2) is 0 Å². The van der Waals surface area contributed by atoms with Gasteiger partial charge in [0.15, 0.2) is 11.5 Å². The Morgan fingerprint density at radius 2 is 2.00 bits per heavy atom. The molecular formula is C20H21NO4. The number of carbonyl (C=O) groups is 1. The Hall–Kier alpha value is -2.43. The van der Waals surface area contributed by atoms with Crippen LogP contribution in [0.5, 0.6) is 11.5 Å². The molecule has 2 aromatic rings. The first-order valence-corrected chi connectivity index (χ1v) is 9.05. The lowest BCUT2D eigenvalue weighted by Crippen LogP contribution is -2.32. The van der Waals surface area contributed by atoms with E-state index in [9.17, 15) is 4.79 Å². The molecule has 1 aromatic heterocycles. The Morgan fingerprint density at radius 1 is 1.12 bits per heavy atom. The number of furan rings is 1. The number of hydrogen-bond donors (Lipinski definition) is 0. The van der Waals surface area contributed by atoms with Gasteiger partial charge in [0.25, 0.3) is 0 Å². The smallest absolute Gasteiger partial charge is 0.226 e. The Bertz CT molecular complexity index is 785. The molecule has 1 amide bonds. The Balaban J connectivity index is 1.35. The second-order valence-corrected chi connectivity index (χ2v) is 7.06. The van der Waals surface area contributed by atoms with Crippen molar-refractivity contribution in [1.82, 2.24) is 4.90 Å². The quantitative estimate of drug-likeness (QED) is 0.858. The van der Waals surface area contributed by atoms with Crippen LogP contribution in [0.2, 0.25) is 0 Å². The van der Waals surface area contributed by atoms with Gasteiger partial charge in [0, 0.05) is 18.4 Å². The molecule has 0 spiro atoms. The number of likely N-dealkylation sites (tertiary alicyclic amines) is 1. The van der Waals surface area contributed by atoms with Crippen LogP contribution in [0.25, 0.3) is 0 Å². The van der Waals surface area contributed by atoms with Crippen molar-refractivity contribution in [2.24, 2.45) is 5.92 Å². The van der Waals surface area contributed by atoms with Gasteiger partial charge in [0.1, 0.15) is 19.0 Å². The molecule has 25 heavy (non-hydrogen) atoms. The van der Waals surface area contributed by atoms with Gasteiger partial charge in [-0.15, -0.1) is 0 Å². The molecule has 1 aliphatic carbocycles. The van der Waals surface area contributed by atoms with E-state index in [1.807, 2.05) is 24.3 Å². The van der Waals surface area contributed by atoms with Gasteiger partial charge in [-0.2, -0.15) is 0 Å². The predicted molar refractivity (Wildman–Crippen MR) is 90.7 cm³/mol. The fourth-order valence-electron chi connectivity index (χ4n) is 4.14. The Morgan fingerprint density at radius 3 is 2.84 bits per heavy atom. The molecule has 1 saturated carbocycles. The van der Waals surface area contributed by atoms with Crippen molar-refractivity contribution in [2.75, 3.05) is 19.8 Å². The lowest BCUT2D eigenvalue weighted by atomic mass is 10.0. The number of nitrogens with zero attached hydrogens (tertiary/aromatic N) is 1. The SMILES string of the molecule is O=C(C1CC1c1ccco1)N1CCCC1c1ccc2c(c1)OCCO2. The molecule has 5 heteroatoms. The maximum absolute atomic E-state index is 13.0. The van der Waals surface area contributed by atoms with Crippen molar-refractivity contribution >= 4 is 5.91 Å². The number of hydrogen-bond acceptors (Lipinski definition) is 4. The topological polar surface area (TPSA) is 51.9 Å². The molecule has 2 fully saturated rings. The Labute approximate surface area is 146 Å². The van der Waals surface area contributed by atoms with Crippen molar-refractivity contribution in [3.8, 4) is 11.5 Å². The van der Waals surface area contributed by atoms with E-state index in [2.05, 4.69) is 11.0 Å². The average Bonchev–Trinajstić information content (AvgIpc) is 3.06. The second kappa shape index (κ2) is 5.83. The second-order valence-electron chi connectivity index (χ2n) is 7.06. The molecular weight excluding hydrogens is 318 g/mol. The van der Waals surface area contributed by atoms with Crippen LogP contribution in [0.1, 0.15) is 42.5 Å². The zero-order valence-electron chi connectivity index (χ0n) is 14.0. The van der Waals surface area contributed by atoms with Gasteiger partial charge >= 0.3 is 0 Å². The van der Waals surface area contributed by atoms with E-state index in [4.69, 9.17) is 13.9 Å². The van der Waals surface area contributed by atoms with Crippen LogP contribution >= 0.6 is 0 Å². The summed E-state index contributed by atoms with van der Waals surface area (Å²) in [4.78, 5) is 15.1. The largest absolute Gasteiger partial charge is 0.486 e. The minimum Gasteiger partial charge on any atom is -0.486 e. The summed E-state index contributed by atoms with van der Waals surface area (Å²) in [5, 5.41) is 0. The van der Waals surface area contributed by atoms with Crippen molar-refractivity contribution in [3.63, 3.8) is 0 Å². The first kappa shape index (κ1) is 14.9. The minimum absolute atomic E-state index is 0.0731. The summed E-state index contributed by atoms with van der Waals surface area (Å²) < 4.78 is 16.8. The average molecular weight is 339 g/mol. The lowest BCUT2D eigenvalue weighted by molar-refractivity contribution is -0.133. The number of ether oxygens (including phenoxy) is 2. The molecule has 3 unspecified atom stereocenters. The van der Waals surface area contributed by atoms with E-state index in [1.54, 1.807) is 6.26 Å². The third kappa shape index (κ3) is 2.58. The molecule has 3 atom stereocenters. The summed E-state index contributed by atoms with van der Waals surface area (Å²) in [5.74, 6) is 3.12. The van der Waals surface area contributed by atoms with Gasteiger partial charge in [-0.05, 0) is 49.1 Å². The van der Waals surface area contributed by atoms with Crippen LogP contribution in [-0.4, -0.2) is 30.6 Å². The monoisotopic (exact) mass is 339 g/mol. The zero-order valence-corrected chi connectivity index (χ0v) is 14.0. The zero-order chi connectivity index (χ0) is 16.8. The summed E-state index contributed by atoms with van der Waals surface area (Å²) in [6, 6.07) is 10.1. The maximum Gasteiger partial charge on any atom is 0.226 e. The molecule has 130 valence electrons. The van der Waals surface area contributed by atoms with Gasteiger partial charge < -0.3 is 18.8 Å². The lowest BCUT2D eigenvalue weighted by Gasteiger charge is -2.27. The van der Waals surface area contributed by atoms with E-state index in [1.165, 1.54) is 0 Å². The normalized spacial score (nSPS) is 27.4. The highest BCUT2D eigenvalue weighted by Crippen LogP contribution is 2.50. The molecule has 5 rings (SSSR count). The third-order valence-electron chi connectivity index (χ3n) is 5.50. The number of fused-ring (bicyclic) bond motifs is 1. The van der Waals surface area contributed by atoms with E-state index < -0.39 is 0 Å². The molecule has 1 saturated heterocycles. The van der Waals surface area contributed by atoms with Crippen LogP contribution in [-0.2, 0) is 4.79 Å². The fourth-order valence-corrected chi connectivity index (χ4v) is 4.14. The highest BCUT2D eigenvalue weighted by atomic mass is 16.6. The summed E-state index contributed by atoms with van der Waals surface area (Å²) in [7, 11) is 0. The van der Waals surface area contributed by atoms with E-state index >= 15 is 0 Å². The number of benzene rings is 1. The number of rotatable bonds is 3. The Kier molecular flexibility index (Phi) is 3.47. The third-order valence-corrected chi connectivity index (χ3v) is 5.50. The summed E-state index contributed by atoms with van der Waals surface area (Å²) in [6.07, 6.45) is 4.63. The highest BCUT2D eigenvalue weighted by molar-refractivity contribution is 5.83. The maximum atomic E-state index is 13.0. The van der Waals surface area contributed by atoms with Crippen LogP contribution in [0.15, 0.2) is 41.0 Å². The van der Waals surface area contributed by atoms with Gasteiger partial charge in [0.2, 0.25) is 5.91 Å². The number of amides is 1. The summed E-state index contributed by atoms with van der Waals surface area (Å²) in [6.45, 7) is 2.01. The number of carbonyl (C=O) groups excluding carboxylic acids is 1. The van der Waals surface area contributed by atoms with Crippen LogP contribution in [0, 0.1) is 5.92 Å². The van der Waals surface area contributed by atoms with Gasteiger partial charge in [-0.3, -0.25) is 4.79 Å². The van der Waals surface area contributed by atoms with Gasteiger partial charge in [0.05, 0.1) is 12.3 Å². The first-order chi connectivity index (χ1) is 12.3. The fraction of sp³-hybridized carbons (Fsp3) is 0.450. The van der Waals surface area contributed by atoms with E-state index in [0.717, 1.165) is 48.6 Å². The summed E-state index contributed by atoms with van der Waals surface area (Å²) in [5.41, 5.74) is 1.14. The molecule has 3 heterocycles. The van der Waals surface area contributed by atoms with Crippen LogP contribution in [0.4, 0.5) is 0 Å². The van der Waals surface area contributed by atoms with Crippen LogP contribution in [0.3, 0.4) is 0 Å². The molecule has 0 radical (unpaired) electrons. The summed E-state index contributed by atoms with van der Waals surface area (Å²) >= 11 is 0.